The van der Waals surface area contributed by atoms with Gasteiger partial charge in [0, 0.05) is 28.4 Å². The van der Waals surface area contributed by atoms with Crippen molar-refractivity contribution in [3.8, 4) is 0 Å². The second-order valence-corrected chi connectivity index (χ2v) is 5.31. The second kappa shape index (κ2) is 5.59. The normalized spacial score (nSPS) is 10.7. The summed E-state index contributed by atoms with van der Waals surface area (Å²) in [5.74, 6) is 0.884. The van der Waals surface area contributed by atoms with Crippen molar-refractivity contribution < 1.29 is 0 Å². The molecule has 0 aliphatic carbocycles. The Kier molecular flexibility index (Phi) is 4.07. The van der Waals surface area contributed by atoms with Crippen molar-refractivity contribution in [2.24, 2.45) is 5.73 Å². The van der Waals surface area contributed by atoms with E-state index in [1.165, 1.54) is 0 Å². The zero-order valence-corrected chi connectivity index (χ0v) is 12.3. The summed E-state index contributed by atoms with van der Waals surface area (Å²) in [5, 5.41) is 8.16. The lowest BCUT2D eigenvalue weighted by molar-refractivity contribution is 0.540. The molecule has 0 amide bonds. The molecule has 6 heteroatoms. The monoisotopic (exact) mass is 294 g/mol. The summed E-state index contributed by atoms with van der Waals surface area (Å²) in [6.45, 7) is 4.13. The molecule has 19 heavy (non-hydrogen) atoms. The number of nitrogens with one attached hydrogen (secondary N) is 1. The number of hydrogen-bond acceptors (Lipinski definition) is 3. The summed E-state index contributed by atoms with van der Waals surface area (Å²) >= 11 is 11.0. The van der Waals surface area contributed by atoms with Crippen molar-refractivity contribution in [3.05, 3.63) is 41.0 Å². The fourth-order valence-corrected chi connectivity index (χ4v) is 2.13. The molecule has 2 aromatic rings. The van der Waals surface area contributed by atoms with Crippen LogP contribution in [0.15, 0.2) is 30.5 Å². The van der Waals surface area contributed by atoms with E-state index in [4.69, 9.17) is 29.6 Å². The molecule has 3 N–H and O–H groups in total. The lowest BCUT2D eigenvalue weighted by atomic mass is 10.1. The van der Waals surface area contributed by atoms with E-state index in [1.54, 1.807) is 18.3 Å². The number of hydrogen-bond donors (Lipinski definition) is 2. The highest BCUT2D eigenvalue weighted by Crippen LogP contribution is 2.25. The van der Waals surface area contributed by atoms with Gasteiger partial charge in [0.05, 0.1) is 6.20 Å². The van der Waals surface area contributed by atoms with Crippen LogP contribution in [-0.2, 0) is 0 Å². The van der Waals surface area contributed by atoms with Crippen molar-refractivity contribution in [3.63, 3.8) is 0 Å². The van der Waals surface area contributed by atoms with Crippen LogP contribution >= 0.6 is 23.8 Å². The molecule has 0 aliphatic rings. The van der Waals surface area contributed by atoms with Gasteiger partial charge in [0.15, 0.2) is 0 Å². The number of nitrogens with zero attached hydrogens (tertiary/aromatic N) is 2. The summed E-state index contributed by atoms with van der Waals surface area (Å²) in [6, 6.07) is 7.56. The Morgan fingerprint density at radius 1 is 1.42 bits per heavy atom. The van der Waals surface area contributed by atoms with Crippen LogP contribution in [0.25, 0.3) is 0 Å². The molecule has 1 heterocycles. The molecule has 4 nitrogen and oxygen atoms in total. The smallest absolute Gasteiger partial charge is 0.128 e. The molecule has 1 aromatic carbocycles. The zero-order valence-electron chi connectivity index (χ0n) is 10.7. The molecule has 2 rings (SSSR count). The van der Waals surface area contributed by atoms with Gasteiger partial charge in [-0.05, 0) is 32.0 Å². The molecule has 0 atom stereocenters. The van der Waals surface area contributed by atoms with Crippen LogP contribution < -0.4 is 11.1 Å². The third-order valence-electron chi connectivity index (χ3n) is 2.67. The van der Waals surface area contributed by atoms with E-state index < -0.39 is 0 Å². The largest absolute Gasteiger partial charge is 0.389 e. The minimum Gasteiger partial charge on any atom is -0.389 e. The number of thiocarbonyl (C=S) groups is 1. The quantitative estimate of drug-likeness (QED) is 0.848. The van der Waals surface area contributed by atoms with Gasteiger partial charge in [-0.1, -0.05) is 23.8 Å². The molecule has 0 saturated heterocycles. The van der Waals surface area contributed by atoms with Gasteiger partial charge in [-0.2, -0.15) is 5.10 Å². The summed E-state index contributed by atoms with van der Waals surface area (Å²) in [7, 11) is 0. The number of halogens is 1. The number of nitrogens with two attached hydrogens (primary N) is 1. The molecular weight excluding hydrogens is 280 g/mol. The Labute approximate surface area is 122 Å². The van der Waals surface area contributed by atoms with Gasteiger partial charge < -0.3 is 11.1 Å². The maximum Gasteiger partial charge on any atom is 0.128 e. The van der Waals surface area contributed by atoms with Crippen LogP contribution in [0.5, 0.6) is 0 Å². The number of rotatable bonds is 4. The molecule has 0 spiro atoms. The third kappa shape index (κ3) is 3.05. The van der Waals surface area contributed by atoms with E-state index in [1.807, 2.05) is 16.8 Å². The fourth-order valence-electron chi connectivity index (χ4n) is 1.79. The lowest BCUT2D eigenvalue weighted by Crippen LogP contribution is -2.13. The van der Waals surface area contributed by atoms with E-state index in [0.717, 1.165) is 17.1 Å². The van der Waals surface area contributed by atoms with Gasteiger partial charge in [-0.25, -0.2) is 4.68 Å². The summed E-state index contributed by atoms with van der Waals surface area (Å²) < 4.78 is 1.89. The zero-order chi connectivity index (χ0) is 14.0. The SMILES string of the molecule is CC(C)n1nccc1Nc1ccc(Cl)cc1C(N)=S. The number of benzene rings is 1. The first-order valence-electron chi connectivity index (χ1n) is 5.89. The Morgan fingerprint density at radius 3 is 2.79 bits per heavy atom. The topological polar surface area (TPSA) is 55.9 Å². The predicted molar refractivity (Wildman–Crippen MR) is 83.2 cm³/mol. The maximum atomic E-state index is 5.96. The highest BCUT2D eigenvalue weighted by molar-refractivity contribution is 7.80. The van der Waals surface area contributed by atoms with Gasteiger partial charge in [-0.3, -0.25) is 0 Å². The highest BCUT2D eigenvalue weighted by Gasteiger charge is 2.10. The molecule has 0 fully saturated rings. The van der Waals surface area contributed by atoms with Crippen LogP contribution in [0.3, 0.4) is 0 Å². The Morgan fingerprint density at radius 2 is 2.16 bits per heavy atom. The molecule has 0 aliphatic heterocycles. The Balaban J connectivity index is 2.38. The first-order valence-corrected chi connectivity index (χ1v) is 6.67. The Hall–Kier alpha value is -1.59. The molecule has 0 unspecified atom stereocenters. The molecule has 100 valence electrons. The first kappa shape index (κ1) is 13.8. The maximum absolute atomic E-state index is 5.96. The highest BCUT2D eigenvalue weighted by atomic mass is 35.5. The van der Waals surface area contributed by atoms with E-state index in [9.17, 15) is 0 Å². The van der Waals surface area contributed by atoms with Gasteiger partial charge in [0.25, 0.3) is 0 Å². The van der Waals surface area contributed by atoms with Crippen LogP contribution in [0, 0.1) is 0 Å². The van der Waals surface area contributed by atoms with Crippen molar-refractivity contribution >= 4 is 40.3 Å². The second-order valence-electron chi connectivity index (χ2n) is 4.43. The van der Waals surface area contributed by atoms with Gasteiger partial charge in [0.2, 0.25) is 0 Å². The molecular formula is C13H15ClN4S. The fraction of sp³-hybridized carbons (Fsp3) is 0.231. The predicted octanol–water partition coefficient (Wildman–Crippen LogP) is 3.50. The van der Waals surface area contributed by atoms with Crippen LogP contribution in [0.1, 0.15) is 25.5 Å². The minimum atomic E-state index is 0.262. The molecule has 0 saturated carbocycles. The first-order chi connectivity index (χ1) is 8.99. The van der Waals surface area contributed by atoms with E-state index in [2.05, 4.69) is 24.3 Å². The Bertz CT molecular complexity index is 606. The van der Waals surface area contributed by atoms with Crippen LogP contribution in [0.2, 0.25) is 5.02 Å². The summed E-state index contributed by atoms with van der Waals surface area (Å²) in [5.41, 5.74) is 7.26. The molecule has 0 bridgehead atoms. The van der Waals surface area contributed by atoms with Crippen LogP contribution in [-0.4, -0.2) is 14.8 Å². The molecule has 0 radical (unpaired) electrons. The van der Waals surface area contributed by atoms with Crippen molar-refractivity contribution in [1.82, 2.24) is 9.78 Å². The number of anilines is 2. The average molecular weight is 295 g/mol. The van der Waals surface area contributed by atoms with Crippen molar-refractivity contribution in [2.45, 2.75) is 19.9 Å². The average Bonchev–Trinajstić information content (AvgIpc) is 2.79. The van der Waals surface area contributed by atoms with Gasteiger partial charge in [-0.15, -0.1) is 0 Å². The summed E-state index contributed by atoms with van der Waals surface area (Å²) in [4.78, 5) is 0.306. The summed E-state index contributed by atoms with van der Waals surface area (Å²) in [6.07, 6.45) is 1.75. The minimum absolute atomic E-state index is 0.262. The van der Waals surface area contributed by atoms with Gasteiger partial charge in [0.1, 0.15) is 10.8 Å². The van der Waals surface area contributed by atoms with E-state index in [-0.39, 0.29) is 6.04 Å². The third-order valence-corrected chi connectivity index (χ3v) is 3.12. The van der Waals surface area contributed by atoms with Crippen LogP contribution in [0.4, 0.5) is 11.5 Å². The standard InChI is InChI=1S/C13H15ClN4S/c1-8(2)18-12(5-6-16-18)17-11-4-3-9(14)7-10(11)13(15)19/h3-8,17H,1-2H3,(H2,15,19). The van der Waals surface area contributed by atoms with Gasteiger partial charge >= 0.3 is 0 Å². The van der Waals surface area contributed by atoms with Crippen molar-refractivity contribution in [1.29, 1.82) is 0 Å². The lowest BCUT2D eigenvalue weighted by Gasteiger charge is -2.15. The van der Waals surface area contributed by atoms with E-state index >= 15 is 0 Å². The molecule has 1 aromatic heterocycles. The van der Waals surface area contributed by atoms with E-state index in [0.29, 0.717) is 10.0 Å². The number of aromatic nitrogens is 2. The van der Waals surface area contributed by atoms with Crippen molar-refractivity contribution in [2.75, 3.05) is 5.32 Å².